The first kappa shape index (κ1) is 14.5. The Morgan fingerprint density at radius 1 is 1.29 bits per heavy atom. The zero-order valence-electron chi connectivity index (χ0n) is 12.8. The minimum absolute atomic E-state index is 0.0187. The Morgan fingerprint density at radius 2 is 1.95 bits per heavy atom. The van der Waals surface area contributed by atoms with Crippen LogP contribution in [0.1, 0.15) is 44.0 Å². The number of ether oxygens (including phenoxy) is 1. The van der Waals surface area contributed by atoms with Crippen molar-refractivity contribution in [3.63, 3.8) is 0 Å². The van der Waals surface area contributed by atoms with Gasteiger partial charge in [-0.3, -0.25) is 4.79 Å². The van der Waals surface area contributed by atoms with Crippen molar-refractivity contribution in [3.05, 3.63) is 29.6 Å². The molecule has 2 heterocycles. The zero-order valence-corrected chi connectivity index (χ0v) is 12.8. The van der Waals surface area contributed by atoms with Gasteiger partial charge in [-0.05, 0) is 36.7 Å². The Bertz CT molecular complexity index is 571. The first-order chi connectivity index (χ1) is 9.83. The van der Waals surface area contributed by atoms with Crippen LogP contribution in [0, 0.1) is 17.2 Å². The van der Waals surface area contributed by atoms with Crippen molar-refractivity contribution < 1.29 is 13.9 Å². The number of nitrogens with one attached hydrogen (secondary N) is 1. The van der Waals surface area contributed by atoms with Gasteiger partial charge in [-0.25, -0.2) is 4.39 Å². The first-order valence-corrected chi connectivity index (χ1v) is 7.57. The number of halogens is 1. The number of ketones is 1. The summed E-state index contributed by atoms with van der Waals surface area (Å²) in [5, 5.41) is 3.32. The maximum Gasteiger partial charge on any atom is 0.174 e. The second kappa shape index (κ2) is 4.80. The van der Waals surface area contributed by atoms with Crippen LogP contribution < -0.4 is 10.1 Å². The van der Waals surface area contributed by atoms with E-state index in [2.05, 4.69) is 26.1 Å². The standard InChI is InChI=1S/C17H22FNO2/c1-16(2,3)15-14(20)12-10-11(18)4-5-13(12)21-17(15)6-8-19-9-7-17/h4-5,10,15,19H,6-9H2,1-3H3. The van der Waals surface area contributed by atoms with E-state index in [0.717, 1.165) is 25.9 Å². The fraction of sp³-hybridized carbons (Fsp3) is 0.588. The van der Waals surface area contributed by atoms with Crippen LogP contribution in [0.15, 0.2) is 18.2 Å². The van der Waals surface area contributed by atoms with E-state index in [1.54, 1.807) is 6.07 Å². The van der Waals surface area contributed by atoms with Gasteiger partial charge in [0.05, 0.1) is 11.5 Å². The molecule has 0 saturated carbocycles. The number of fused-ring (bicyclic) bond motifs is 1. The van der Waals surface area contributed by atoms with Gasteiger partial charge in [0.15, 0.2) is 5.78 Å². The molecule has 0 bridgehead atoms. The van der Waals surface area contributed by atoms with Crippen LogP contribution >= 0.6 is 0 Å². The summed E-state index contributed by atoms with van der Waals surface area (Å²) in [6.45, 7) is 7.87. The largest absolute Gasteiger partial charge is 0.486 e. The summed E-state index contributed by atoms with van der Waals surface area (Å²) < 4.78 is 19.8. The molecule has 114 valence electrons. The van der Waals surface area contributed by atoms with Gasteiger partial charge in [0.1, 0.15) is 17.2 Å². The molecule has 1 atom stereocenters. The van der Waals surface area contributed by atoms with E-state index in [-0.39, 0.29) is 22.9 Å². The lowest BCUT2D eigenvalue weighted by molar-refractivity contribution is -0.0549. The third-order valence-electron chi connectivity index (χ3n) is 4.62. The van der Waals surface area contributed by atoms with Crippen molar-refractivity contribution in [2.24, 2.45) is 11.3 Å². The molecule has 3 nitrogen and oxygen atoms in total. The molecular weight excluding hydrogens is 269 g/mol. The molecule has 2 aliphatic heterocycles. The fourth-order valence-corrected chi connectivity index (χ4v) is 3.88. The number of hydrogen-bond acceptors (Lipinski definition) is 3. The van der Waals surface area contributed by atoms with Gasteiger partial charge in [0, 0.05) is 12.8 Å². The lowest BCUT2D eigenvalue weighted by Gasteiger charge is -2.50. The highest BCUT2D eigenvalue weighted by molar-refractivity contribution is 6.02. The van der Waals surface area contributed by atoms with Crippen LogP contribution in [-0.2, 0) is 0 Å². The third kappa shape index (κ3) is 2.35. The molecule has 0 aromatic heterocycles. The molecule has 1 aromatic carbocycles. The predicted molar refractivity (Wildman–Crippen MR) is 79.1 cm³/mol. The van der Waals surface area contributed by atoms with Crippen molar-refractivity contribution in [2.75, 3.05) is 13.1 Å². The molecule has 1 unspecified atom stereocenters. The molecule has 1 fully saturated rings. The van der Waals surface area contributed by atoms with Crippen LogP contribution in [0.2, 0.25) is 0 Å². The monoisotopic (exact) mass is 291 g/mol. The third-order valence-corrected chi connectivity index (χ3v) is 4.62. The van der Waals surface area contributed by atoms with Gasteiger partial charge in [0.2, 0.25) is 0 Å². The number of piperidine rings is 1. The van der Waals surface area contributed by atoms with Gasteiger partial charge >= 0.3 is 0 Å². The van der Waals surface area contributed by atoms with Crippen LogP contribution in [0.4, 0.5) is 4.39 Å². The molecule has 1 N–H and O–H groups in total. The highest BCUT2D eigenvalue weighted by atomic mass is 19.1. The second-order valence-corrected chi connectivity index (χ2v) is 7.22. The smallest absolute Gasteiger partial charge is 0.174 e. The number of benzene rings is 1. The fourth-order valence-electron chi connectivity index (χ4n) is 3.88. The molecule has 0 radical (unpaired) electrons. The Kier molecular flexibility index (Phi) is 3.32. The van der Waals surface area contributed by atoms with E-state index < -0.39 is 5.60 Å². The SMILES string of the molecule is CC(C)(C)C1C(=O)c2cc(F)ccc2OC12CCNCC2. The number of carbonyl (C=O) groups excluding carboxylic acids is 1. The number of rotatable bonds is 0. The topological polar surface area (TPSA) is 38.3 Å². The van der Waals surface area contributed by atoms with Crippen molar-refractivity contribution in [2.45, 2.75) is 39.2 Å². The Hall–Kier alpha value is -1.42. The predicted octanol–water partition coefficient (Wildman–Crippen LogP) is 3.19. The molecule has 4 heteroatoms. The lowest BCUT2D eigenvalue weighted by atomic mass is 9.63. The van der Waals surface area contributed by atoms with Crippen LogP contribution in [0.5, 0.6) is 5.75 Å². The molecule has 21 heavy (non-hydrogen) atoms. The molecular formula is C17H22FNO2. The van der Waals surface area contributed by atoms with E-state index in [1.807, 2.05) is 0 Å². The van der Waals surface area contributed by atoms with Crippen LogP contribution in [0.3, 0.4) is 0 Å². The van der Waals surface area contributed by atoms with Gasteiger partial charge in [-0.1, -0.05) is 20.8 Å². The zero-order chi connectivity index (χ0) is 15.3. The summed E-state index contributed by atoms with van der Waals surface area (Å²) in [7, 11) is 0. The Balaban J connectivity index is 2.13. The average molecular weight is 291 g/mol. The van der Waals surface area contributed by atoms with E-state index >= 15 is 0 Å². The molecule has 1 saturated heterocycles. The maximum absolute atomic E-state index is 13.5. The minimum Gasteiger partial charge on any atom is -0.486 e. The minimum atomic E-state index is -0.467. The van der Waals surface area contributed by atoms with Crippen molar-refractivity contribution in [1.29, 1.82) is 0 Å². The Morgan fingerprint density at radius 3 is 2.57 bits per heavy atom. The first-order valence-electron chi connectivity index (χ1n) is 7.57. The maximum atomic E-state index is 13.5. The molecule has 3 rings (SSSR count). The van der Waals surface area contributed by atoms with E-state index in [1.165, 1.54) is 12.1 Å². The quantitative estimate of drug-likeness (QED) is 0.798. The number of hydrogen-bond donors (Lipinski definition) is 1. The van der Waals surface area contributed by atoms with Crippen LogP contribution in [0.25, 0.3) is 0 Å². The summed E-state index contributed by atoms with van der Waals surface area (Å²) in [5.74, 6) is -0.0880. The second-order valence-electron chi connectivity index (χ2n) is 7.22. The van der Waals surface area contributed by atoms with E-state index in [0.29, 0.717) is 11.3 Å². The highest BCUT2D eigenvalue weighted by Gasteiger charge is 2.54. The summed E-state index contributed by atoms with van der Waals surface area (Å²) in [5.41, 5.74) is -0.303. The summed E-state index contributed by atoms with van der Waals surface area (Å²) >= 11 is 0. The normalized spacial score (nSPS) is 24.6. The molecule has 1 aromatic rings. The molecule has 0 aliphatic carbocycles. The van der Waals surface area contributed by atoms with Crippen LogP contribution in [-0.4, -0.2) is 24.5 Å². The lowest BCUT2D eigenvalue weighted by Crippen LogP contribution is -2.59. The van der Waals surface area contributed by atoms with Gasteiger partial charge < -0.3 is 10.1 Å². The van der Waals surface area contributed by atoms with E-state index in [9.17, 15) is 9.18 Å². The number of Topliss-reactive ketones (excluding diaryl/α,β-unsaturated/α-hetero) is 1. The summed E-state index contributed by atoms with van der Waals surface area (Å²) in [6, 6.07) is 4.26. The average Bonchev–Trinajstić information content (AvgIpc) is 2.39. The van der Waals surface area contributed by atoms with Gasteiger partial charge in [-0.15, -0.1) is 0 Å². The number of carbonyl (C=O) groups is 1. The highest BCUT2D eigenvalue weighted by Crippen LogP contribution is 2.48. The molecule has 0 amide bonds. The molecule has 1 spiro atoms. The van der Waals surface area contributed by atoms with Gasteiger partial charge in [0.25, 0.3) is 0 Å². The summed E-state index contributed by atoms with van der Waals surface area (Å²) in [4.78, 5) is 13.0. The van der Waals surface area contributed by atoms with Crippen molar-refractivity contribution in [3.8, 4) is 5.75 Å². The van der Waals surface area contributed by atoms with Crippen molar-refractivity contribution >= 4 is 5.78 Å². The summed E-state index contributed by atoms with van der Waals surface area (Å²) in [6.07, 6.45) is 1.61. The van der Waals surface area contributed by atoms with E-state index in [4.69, 9.17) is 4.74 Å². The Labute approximate surface area is 124 Å². The van der Waals surface area contributed by atoms with Crippen molar-refractivity contribution in [1.82, 2.24) is 5.32 Å². The molecule has 2 aliphatic rings. The van der Waals surface area contributed by atoms with Gasteiger partial charge in [-0.2, -0.15) is 0 Å².